The molecule has 0 aliphatic heterocycles. The second-order valence-electron chi connectivity index (χ2n) is 7.53. The molecule has 0 fully saturated rings. The van der Waals surface area contributed by atoms with E-state index in [1.165, 1.54) is 10.8 Å². The van der Waals surface area contributed by atoms with Crippen LogP contribution in [0.2, 0.25) is 0 Å². The third kappa shape index (κ3) is 5.17. The number of nitriles is 1. The Morgan fingerprint density at radius 2 is 1.79 bits per heavy atom. The number of para-hydroxylation sites is 1. The van der Waals surface area contributed by atoms with Crippen LogP contribution in [0.1, 0.15) is 27.9 Å². The molecule has 0 unspecified atom stereocenters. The molecule has 33 heavy (non-hydrogen) atoms. The van der Waals surface area contributed by atoms with E-state index in [4.69, 9.17) is 9.47 Å². The zero-order valence-corrected chi connectivity index (χ0v) is 18.6. The fourth-order valence-corrected chi connectivity index (χ4v) is 3.67. The number of anilines is 1. The van der Waals surface area contributed by atoms with Crippen LogP contribution in [0.5, 0.6) is 5.75 Å². The van der Waals surface area contributed by atoms with E-state index in [1.54, 1.807) is 13.3 Å². The van der Waals surface area contributed by atoms with Gasteiger partial charge in [-0.25, -0.2) is 4.98 Å². The third-order valence-corrected chi connectivity index (χ3v) is 5.20. The predicted molar refractivity (Wildman–Crippen MR) is 130 cm³/mol. The van der Waals surface area contributed by atoms with E-state index in [0.29, 0.717) is 30.3 Å². The summed E-state index contributed by atoms with van der Waals surface area (Å²) in [5.41, 5.74) is 6.79. The van der Waals surface area contributed by atoms with Crippen molar-refractivity contribution in [2.24, 2.45) is 5.10 Å². The molecular formula is C27H24N4O2. The van der Waals surface area contributed by atoms with Crippen LogP contribution in [-0.2, 0) is 18.0 Å². The molecule has 3 aromatic carbocycles. The van der Waals surface area contributed by atoms with Crippen LogP contribution in [0.4, 0.5) is 5.82 Å². The van der Waals surface area contributed by atoms with E-state index in [2.05, 4.69) is 45.8 Å². The van der Waals surface area contributed by atoms with Gasteiger partial charge < -0.3 is 9.47 Å². The second kappa shape index (κ2) is 10.4. The van der Waals surface area contributed by atoms with E-state index < -0.39 is 0 Å². The van der Waals surface area contributed by atoms with Crippen LogP contribution < -0.4 is 10.2 Å². The molecule has 164 valence electrons. The van der Waals surface area contributed by atoms with E-state index >= 15 is 0 Å². The summed E-state index contributed by atoms with van der Waals surface area (Å²) in [4.78, 5) is 4.41. The van der Waals surface area contributed by atoms with Crippen molar-refractivity contribution in [3.63, 3.8) is 0 Å². The molecule has 6 heteroatoms. The Bertz CT molecular complexity index is 1340. The number of benzene rings is 3. The van der Waals surface area contributed by atoms with Gasteiger partial charge in [0, 0.05) is 23.9 Å². The van der Waals surface area contributed by atoms with Crippen LogP contribution in [0.25, 0.3) is 10.8 Å². The van der Waals surface area contributed by atoms with Crippen molar-refractivity contribution in [3.8, 4) is 11.8 Å². The van der Waals surface area contributed by atoms with Crippen molar-refractivity contribution in [2.75, 3.05) is 12.5 Å². The van der Waals surface area contributed by atoms with Crippen molar-refractivity contribution in [3.05, 3.63) is 101 Å². The molecule has 0 saturated carbocycles. The minimum atomic E-state index is 0.329. The van der Waals surface area contributed by atoms with Gasteiger partial charge >= 0.3 is 0 Å². The minimum absolute atomic E-state index is 0.329. The van der Waals surface area contributed by atoms with Gasteiger partial charge in [0.2, 0.25) is 0 Å². The molecule has 0 aliphatic rings. The molecule has 0 atom stereocenters. The summed E-state index contributed by atoms with van der Waals surface area (Å²) < 4.78 is 11.3. The topological polar surface area (TPSA) is 79.5 Å². The third-order valence-electron chi connectivity index (χ3n) is 5.20. The number of hydrogen-bond donors (Lipinski definition) is 1. The highest BCUT2D eigenvalue weighted by molar-refractivity contribution is 5.86. The lowest BCUT2D eigenvalue weighted by molar-refractivity contribution is 0.184. The van der Waals surface area contributed by atoms with Gasteiger partial charge in [-0.3, -0.25) is 5.43 Å². The first-order chi connectivity index (χ1) is 16.2. The molecule has 1 N–H and O–H groups in total. The first-order valence-electron chi connectivity index (χ1n) is 10.6. The number of fused-ring (bicyclic) bond motifs is 1. The smallest absolute Gasteiger partial charge is 0.164 e. The lowest BCUT2D eigenvalue weighted by Gasteiger charge is -2.11. The summed E-state index contributed by atoms with van der Waals surface area (Å²) in [5.74, 6) is 1.11. The Labute approximate surface area is 193 Å². The monoisotopic (exact) mass is 436 g/mol. The highest BCUT2D eigenvalue weighted by Crippen LogP contribution is 2.23. The number of nitrogens with zero attached hydrogens (tertiary/aromatic N) is 3. The van der Waals surface area contributed by atoms with Crippen molar-refractivity contribution in [2.45, 2.75) is 20.1 Å². The molecule has 0 amide bonds. The fraction of sp³-hybridized carbons (Fsp3) is 0.148. The number of pyridine rings is 1. The fourth-order valence-electron chi connectivity index (χ4n) is 3.67. The average Bonchev–Trinajstić information content (AvgIpc) is 2.83. The molecular weight excluding hydrogens is 412 g/mol. The number of ether oxygens (including phenoxy) is 2. The van der Waals surface area contributed by atoms with Crippen molar-refractivity contribution >= 4 is 22.8 Å². The first kappa shape index (κ1) is 22.0. The molecule has 0 radical (unpaired) electrons. The van der Waals surface area contributed by atoms with Gasteiger partial charge in [0.25, 0.3) is 0 Å². The molecule has 1 aromatic heterocycles. The number of aromatic nitrogens is 1. The van der Waals surface area contributed by atoms with E-state index in [1.807, 2.05) is 55.5 Å². The first-order valence-corrected chi connectivity index (χ1v) is 10.6. The SMILES string of the molecule is COCc1cc(C)nc(N/N=C/c2ccccc2OCc2cccc3ccccc23)c1C#N. The number of methoxy groups -OCH3 is 1. The van der Waals surface area contributed by atoms with E-state index in [0.717, 1.165) is 22.4 Å². The predicted octanol–water partition coefficient (Wildman–Crippen LogP) is 5.59. The highest BCUT2D eigenvalue weighted by atomic mass is 16.5. The number of hydrogen-bond acceptors (Lipinski definition) is 6. The molecule has 0 aliphatic carbocycles. The van der Waals surface area contributed by atoms with Gasteiger partial charge in [-0.15, -0.1) is 0 Å². The quantitative estimate of drug-likeness (QED) is 0.288. The molecule has 1 heterocycles. The second-order valence-corrected chi connectivity index (χ2v) is 7.53. The number of aryl methyl sites for hydroxylation is 1. The Hall–Kier alpha value is -4.21. The van der Waals surface area contributed by atoms with Gasteiger partial charge in [-0.1, -0.05) is 54.6 Å². The summed E-state index contributed by atoms with van der Waals surface area (Å²) in [5, 5.41) is 16.3. The molecule has 4 aromatic rings. The Morgan fingerprint density at radius 1 is 1.00 bits per heavy atom. The van der Waals surface area contributed by atoms with Gasteiger partial charge in [0.05, 0.1) is 12.8 Å². The average molecular weight is 437 g/mol. The number of hydrazone groups is 1. The van der Waals surface area contributed by atoms with Crippen LogP contribution in [0.15, 0.2) is 77.9 Å². The summed E-state index contributed by atoms with van der Waals surface area (Å²) in [6, 6.07) is 26.2. The molecule has 0 bridgehead atoms. The Morgan fingerprint density at radius 3 is 2.64 bits per heavy atom. The highest BCUT2D eigenvalue weighted by Gasteiger charge is 2.11. The molecule has 6 nitrogen and oxygen atoms in total. The Balaban J connectivity index is 1.52. The number of rotatable bonds is 8. The van der Waals surface area contributed by atoms with Crippen LogP contribution in [-0.4, -0.2) is 18.3 Å². The summed E-state index contributed by atoms with van der Waals surface area (Å²) in [6.45, 7) is 2.64. The molecule has 4 rings (SSSR count). The maximum Gasteiger partial charge on any atom is 0.164 e. The van der Waals surface area contributed by atoms with Crippen LogP contribution >= 0.6 is 0 Å². The summed E-state index contributed by atoms with van der Waals surface area (Å²) in [6.07, 6.45) is 1.67. The maximum absolute atomic E-state index is 9.57. The molecule has 0 spiro atoms. The number of nitrogens with one attached hydrogen (secondary N) is 1. The summed E-state index contributed by atoms with van der Waals surface area (Å²) >= 11 is 0. The van der Waals surface area contributed by atoms with Crippen molar-refractivity contribution < 1.29 is 9.47 Å². The maximum atomic E-state index is 9.57. The Kier molecular flexibility index (Phi) is 6.93. The lowest BCUT2D eigenvalue weighted by Crippen LogP contribution is -2.04. The zero-order valence-electron chi connectivity index (χ0n) is 18.6. The van der Waals surface area contributed by atoms with Gasteiger partial charge in [0.15, 0.2) is 5.82 Å². The van der Waals surface area contributed by atoms with E-state index in [9.17, 15) is 5.26 Å². The van der Waals surface area contributed by atoms with E-state index in [-0.39, 0.29) is 0 Å². The van der Waals surface area contributed by atoms with Gasteiger partial charge in [-0.2, -0.15) is 10.4 Å². The standard InChI is InChI=1S/C27H24N4O2/c1-19-14-23(17-32-2)25(15-28)27(30-19)31-29-16-21-9-4-6-13-26(21)33-18-22-11-7-10-20-8-3-5-12-24(20)22/h3-14,16H,17-18H2,1-2H3,(H,30,31)/b29-16+. The largest absolute Gasteiger partial charge is 0.488 e. The lowest BCUT2D eigenvalue weighted by atomic mass is 10.1. The zero-order chi connectivity index (χ0) is 23.0. The summed E-state index contributed by atoms with van der Waals surface area (Å²) in [7, 11) is 1.59. The molecule has 0 saturated heterocycles. The van der Waals surface area contributed by atoms with Crippen molar-refractivity contribution in [1.82, 2.24) is 4.98 Å². The van der Waals surface area contributed by atoms with Crippen molar-refractivity contribution in [1.29, 1.82) is 5.26 Å². The normalized spacial score (nSPS) is 10.9. The minimum Gasteiger partial charge on any atom is -0.488 e. The van der Waals surface area contributed by atoms with Crippen LogP contribution in [0.3, 0.4) is 0 Å². The van der Waals surface area contributed by atoms with Gasteiger partial charge in [-0.05, 0) is 41.5 Å². The van der Waals surface area contributed by atoms with Gasteiger partial charge in [0.1, 0.15) is 24.0 Å². The van der Waals surface area contributed by atoms with Crippen LogP contribution in [0, 0.1) is 18.3 Å².